The van der Waals surface area contributed by atoms with E-state index in [0.717, 1.165) is 18.2 Å². The van der Waals surface area contributed by atoms with Gasteiger partial charge in [0.2, 0.25) is 0 Å². The Kier molecular flexibility index (Phi) is 3.44. The molecule has 0 bridgehead atoms. The number of benzene rings is 1. The minimum Gasteiger partial charge on any atom is -0.505 e. The molecule has 0 spiro atoms. The summed E-state index contributed by atoms with van der Waals surface area (Å²) < 4.78 is 27.5. The third kappa shape index (κ3) is 2.21. The standard InChI is InChI=1S/C11H8F2N4O3/c12-5-2-1-3-6(13)10(5)17-8(19)4-7(18)9(16-17)11(20)15-14/h1-4,18H,14H2,(H,15,20). The molecule has 4 N–H and O–H groups in total. The number of aromatic hydroxyl groups is 1. The minimum atomic E-state index is -1.05. The van der Waals surface area contributed by atoms with Gasteiger partial charge in [-0.2, -0.15) is 9.78 Å². The number of hydrogen-bond donors (Lipinski definition) is 3. The number of para-hydroxylation sites is 1. The highest BCUT2D eigenvalue weighted by Gasteiger charge is 2.19. The second-order valence-corrected chi connectivity index (χ2v) is 3.67. The van der Waals surface area contributed by atoms with Crippen LogP contribution in [0.4, 0.5) is 8.78 Å². The normalized spacial score (nSPS) is 10.3. The molecule has 0 radical (unpaired) electrons. The first-order chi connectivity index (χ1) is 9.45. The number of nitrogen functional groups attached to an aromatic ring is 1. The fourth-order valence-electron chi connectivity index (χ4n) is 1.53. The SMILES string of the molecule is NNC(=O)c1nn(-c2c(F)cccc2F)c(=O)cc1O. The van der Waals surface area contributed by atoms with E-state index in [1.54, 1.807) is 5.43 Å². The van der Waals surface area contributed by atoms with Crippen LogP contribution >= 0.6 is 0 Å². The highest BCUT2D eigenvalue weighted by atomic mass is 19.1. The van der Waals surface area contributed by atoms with Gasteiger partial charge >= 0.3 is 0 Å². The van der Waals surface area contributed by atoms with Crippen molar-refractivity contribution in [2.24, 2.45) is 5.84 Å². The molecule has 0 atom stereocenters. The Morgan fingerprint density at radius 2 is 1.95 bits per heavy atom. The fraction of sp³-hybridized carbons (Fsp3) is 0. The number of carbonyl (C=O) groups is 1. The average Bonchev–Trinajstić information content (AvgIpc) is 2.40. The van der Waals surface area contributed by atoms with Gasteiger partial charge in [0.15, 0.2) is 23.1 Å². The monoisotopic (exact) mass is 282 g/mol. The molecule has 0 aliphatic carbocycles. The number of hydrazine groups is 1. The largest absolute Gasteiger partial charge is 0.505 e. The van der Waals surface area contributed by atoms with E-state index in [1.165, 1.54) is 0 Å². The topological polar surface area (TPSA) is 110 Å². The first kappa shape index (κ1) is 13.6. The summed E-state index contributed by atoms with van der Waals surface area (Å²) in [5, 5.41) is 12.8. The van der Waals surface area contributed by atoms with Crippen molar-refractivity contribution in [3.8, 4) is 11.4 Å². The van der Waals surface area contributed by atoms with E-state index in [4.69, 9.17) is 5.84 Å². The molecule has 0 saturated heterocycles. The van der Waals surface area contributed by atoms with Crippen LogP contribution in [0, 0.1) is 11.6 Å². The summed E-state index contributed by atoms with van der Waals surface area (Å²) in [5.74, 6) is 0.992. The van der Waals surface area contributed by atoms with Gasteiger partial charge in [-0.15, -0.1) is 0 Å². The zero-order valence-corrected chi connectivity index (χ0v) is 9.80. The van der Waals surface area contributed by atoms with Crippen molar-refractivity contribution in [3.63, 3.8) is 0 Å². The van der Waals surface area contributed by atoms with E-state index in [1.807, 2.05) is 0 Å². The second-order valence-electron chi connectivity index (χ2n) is 3.67. The summed E-state index contributed by atoms with van der Waals surface area (Å²) in [6, 6.07) is 3.54. The molecule has 2 rings (SSSR count). The van der Waals surface area contributed by atoms with Gasteiger partial charge < -0.3 is 5.11 Å². The molecule has 0 unspecified atom stereocenters. The van der Waals surface area contributed by atoms with Gasteiger partial charge in [0.25, 0.3) is 11.5 Å². The lowest BCUT2D eigenvalue weighted by molar-refractivity contribution is 0.0943. The molecule has 1 aromatic carbocycles. The quantitative estimate of drug-likeness (QED) is 0.402. The molecule has 7 nitrogen and oxygen atoms in total. The highest BCUT2D eigenvalue weighted by Crippen LogP contribution is 2.17. The fourth-order valence-corrected chi connectivity index (χ4v) is 1.53. The van der Waals surface area contributed by atoms with Crippen LogP contribution in [-0.4, -0.2) is 20.8 Å². The highest BCUT2D eigenvalue weighted by molar-refractivity contribution is 5.94. The van der Waals surface area contributed by atoms with Gasteiger partial charge in [0.05, 0.1) is 0 Å². The first-order valence-electron chi connectivity index (χ1n) is 5.24. The Hall–Kier alpha value is -2.81. The zero-order valence-electron chi connectivity index (χ0n) is 9.80. The van der Waals surface area contributed by atoms with Crippen molar-refractivity contribution in [2.45, 2.75) is 0 Å². The Morgan fingerprint density at radius 1 is 1.35 bits per heavy atom. The van der Waals surface area contributed by atoms with Crippen molar-refractivity contribution in [1.82, 2.24) is 15.2 Å². The van der Waals surface area contributed by atoms with Crippen molar-refractivity contribution in [1.29, 1.82) is 0 Å². The van der Waals surface area contributed by atoms with Gasteiger partial charge in [-0.1, -0.05) is 6.07 Å². The molecule has 104 valence electrons. The number of nitrogens with two attached hydrogens (primary N) is 1. The predicted molar refractivity (Wildman–Crippen MR) is 63.1 cm³/mol. The number of nitrogens with zero attached hydrogens (tertiary/aromatic N) is 2. The number of nitrogens with one attached hydrogen (secondary N) is 1. The van der Waals surface area contributed by atoms with Gasteiger partial charge in [-0.3, -0.25) is 15.0 Å². The Bertz CT molecular complexity index is 725. The van der Waals surface area contributed by atoms with Crippen LogP contribution in [0.1, 0.15) is 10.5 Å². The molecular formula is C11H8F2N4O3. The van der Waals surface area contributed by atoms with Crippen molar-refractivity contribution in [2.75, 3.05) is 0 Å². The zero-order chi connectivity index (χ0) is 14.9. The maximum Gasteiger partial charge on any atom is 0.289 e. The van der Waals surface area contributed by atoms with E-state index >= 15 is 0 Å². The number of amides is 1. The van der Waals surface area contributed by atoms with E-state index in [-0.39, 0.29) is 0 Å². The number of hydrogen-bond acceptors (Lipinski definition) is 5. The van der Waals surface area contributed by atoms with Crippen LogP contribution in [-0.2, 0) is 0 Å². The number of carbonyl (C=O) groups excluding carboxylic acids is 1. The number of halogens is 2. The molecule has 1 heterocycles. The molecule has 0 saturated carbocycles. The summed E-state index contributed by atoms with van der Waals surface area (Å²) in [6.45, 7) is 0. The summed E-state index contributed by atoms with van der Waals surface area (Å²) >= 11 is 0. The molecule has 1 amide bonds. The molecule has 20 heavy (non-hydrogen) atoms. The maximum absolute atomic E-state index is 13.6. The van der Waals surface area contributed by atoms with Gasteiger partial charge in [0.1, 0.15) is 5.69 Å². The number of rotatable bonds is 2. The van der Waals surface area contributed by atoms with Crippen LogP contribution in [0.3, 0.4) is 0 Å². The average molecular weight is 282 g/mol. The van der Waals surface area contributed by atoms with E-state index in [2.05, 4.69) is 5.10 Å². The van der Waals surface area contributed by atoms with Crippen LogP contribution in [0.15, 0.2) is 29.1 Å². The molecular weight excluding hydrogens is 274 g/mol. The third-order valence-corrected chi connectivity index (χ3v) is 2.41. The summed E-state index contributed by atoms with van der Waals surface area (Å²) in [6.07, 6.45) is 0. The smallest absolute Gasteiger partial charge is 0.289 e. The molecule has 0 fully saturated rings. The first-order valence-corrected chi connectivity index (χ1v) is 5.24. The summed E-state index contributed by atoms with van der Waals surface area (Å²) in [4.78, 5) is 23.0. The maximum atomic E-state index is 13.6. The lowest BCUT2D eigenvalue weighted by atomic mass is 10.3. The van der Waals surface area contributed by atoms with Crippen LogP contribution in [0.5, 0.6) is 5.75 Å². The van der Waals surface area contributed by atoms with E-state index < -0.39 is 40.2 Å². The molecule has 2 aromatic rings. The molecule has 9 heteroatoms. The van der Waals surface area contributed by atoms with Crippen LogP contribution in [0.2, 0.25) is 0 Å². The van der Waals surface area contributed by atoms with Gasteiger partial charge in [0, 0.05) is 6.07 Å². The van der Waals surface area contributed by atoms with Crippen molar-refractivity contribution in [3.05, 3.63) is 51.9 Å². The lowest BCUT2D eigenvalue weighted by Gasteiger charge is -2.09. The summed E-state index contributed by atoms with van der Waals surface area (Å²) in [5.41, 5.74) is -0.733. The van der Waals surface area contributed by atoms with E-state index in [0.29, 0.717) is 10.7 Å². The molecule has 0 aliphatic rings. The lowest BCUT2D eigenvalue weighted by Crippen LogP contribution is -2.33. The predicted octanol–water partition coefficient (Wildman–Crippen LogP) is -0.180. The third-order valence-electron chi connectivity index (χ3n) is 2.41. The second kappa shape index (κ2) is 5.05. The Balaban J connectivity index is 2.75. The number of aromatic nitrogens is 2. The Labute approximate surface area is 110 Å². The minimum absolute atomic E-state index is 0.328. The Morgan fingerprint density at radius 3 is 2.50 bits per heavy atom. The van der Waals surface area contributed by atoms with Gasteiger partial charge in [-0.05, 0) is 12.1 Å². The van der Waals surface area contributed by atoms with Crippen molar-refractivity contribution < 1.29 is 18.7 Å². The van der Waals surface area contributed by atoms with Crippen molar-refractivity contribution >= 4 is 5.91 Å². The summed E-state index contributed by atoms with van der Waals surface area (Å²) in [7, 11) is 0. The van der Waals surface area contributed by atoms with Crippen LogP contribution < -0.4 is 16.8 Å². The van der Waals surface area contributed by atoms with E-state index in [9.17, 15) is 23.5 Å². The molecule has 0 aliphatic heterocycles. The molecule has 1 aromatic heterocycles. The van der Waals surface area contributed by atoms with Crippen LogP contribution in [0.25, 0.3) is 5.69 Å². The van der Waals surface area contributed by atoms with Gasteiger partial charge in [-0.25, -0.2) is 14.6 Å².